The van der Waals surface area contributed by atoms with Crippen LogP contribution in [0.25, 0.3) is 10.2 Å². The highest BCUT2D eigenvalue weighted by Gasteiger charge is 2.22. The number of hydrogen-bond donors (Lipinski definition) is 0. The van der Waals surface area contributed by atoms with Gasteiger partial charge in [0.05, 0.1) is 10.2 Å². The molecule has 0 spiro atoms. The third-order valence-corrected chi connectivity index (χ3v) is 5.49. The van der Waals surface area contributed by atoms with Gasteiger partial charge in [-0.15, -0.1) is 0 Å². The minimum Gasteiger partial charge on any atom is -0.312 e. The van der Waals surface area contributed by atoms with Crippen LogP contribution in [0.15, 0.2) is 48.5 Å². The standard InChI is InChI=1S/C19H17N3O2S/c1-21(19-20-15-5-2-3-6-16(15)25-19)18(24)13-8-10-14(11-9-13)22-12-4-7-17(22)23/h2-3,5-6,8-11H,4,7,12H2,1H3. The van der Waals surface area contributed by atoms with Crippen molar-refractivity contribution in [2.24, 2.45) is 0 Å². The number of aromatic nitrogens is 1. The molecule has 0 N–H and O–H groups in total. The first kappa shape index (κ1) is 15.8. The van der Waals surface area contributed by atoms with E-state index in [0.29, 0.717) is 17.1 Å². The first-order chi connectivity index (χ1) is 12.1. The van der Waals surface area contributed by atoms with Crippen LogP contribution in [0.2, 0.25) is 0 Å². The molecule has 3 aromatic rings. The van der Waals surface area contributed by atoms with E-state index in [1.807, 2.05) is 36.4 Å². The molecular formula is C19H17N3O2S. The van der Waals surface area contributed by atoms with Gasteiger partial charge in [0.2, 0.25) is 5.91 Å². The van der Waals surface area contributed by atoms with Crippen molar-refractivity contribution in [3.05, 3.63) is 54.1 Å². The lowest BCUT2D eigenvalue weighted by molar-refractivity contribution is -0.117. The van der Waals surface area contributed by atoms with E-state index in [-0.39, 0.29) is 11.8 Å². The van der Waals surface area contributed by atoms with E-state index >= 15 is 0 Å². The summed E-state index contributed by atoms with van der Waals surface area (Å²) in [6.45, 7) is 0.748. The molecule has 25 heavy (non-hydrogen) atoms. The Morgan fingerprint density at radius 3 is 2.60 bits per heavy atom. The Morgan fingerprint density at radius 2 is 1.92 bits per heavy atom. The van der Waals surface area contributed by atoms with Crippen molar-refractivity contribution in [1.29, 1.82) is 0 Å². The highest BCUT2D eigenvalue weighted by molar-refractivity contribution is 7.22. The Labute approximate surface area is 149 Å². The molecule has 0 aliphatic carbocycles. The zero-order chi connectivity index (χ0) is 17.4. The lowest BCUT2D eigenvalue weighted by Gasteiger charge is -2.17. The minimum absolute atomic E-state index is 0.113. The molecule has 0 unspecified atom stereocenters. The second-order valence-corrected chi connectivity index (χ2v) is 7.03. The van der Waals surface area contributed by atoms with E-state index in [0.717, 1.165) is 28.9 Å². The van der Waals surface area contributed by atoms with Gasteiger partial charge < -0.3 is 4.90 Å². The molecule has 0 atom stereocenters. The second kappa shape index (κ2) is 6.29. The van der Waals surface area contributed by atoms with Crippen LogP contribution < -0.4 is 9.80 Å². The fraction of sp³-hybridized carbons (Fsp3) is 0.211. The molecule has 2 amide bonds. The average Bonchev–Trinajstić information content (AvgIpc) is 3.26. The van der Waals surface area contributed by atoms with Crippen LogP contribution in [-0.2, 0) is 4.79 Å². The van der Waals surface area contributed by atoms with Crippen molar-refractivity contribution >= 4 is 44.2 Å². The number of benzene rings is 2. The van der Waals surface area contributed by atoms with Crippen molar-refractivity contribution in [3.8, 4) is 0 Å². The number of para-hydroxylation sites is 1. The summed E-state index contributed by atoms with van der Waals surface area (Å²) < 4.78 is 1.06. The molecule has 1 fully saturated rings. The molecule has 1 saturated heterocycles. The van der Waals surface area contributed by atoms with Gasteiger partial charge in [-0.1, -0.05) is 23.5 Å². The quantitative estimate of drug-likeness (QED) is 0.723. The summed E-state index contributed by atoms with van der Waals surface area (Å²) in [6, 6.07) is 15.0. The van der Waals surface area contributed by atoms with Gasteiger partial charge in [0.25, 0.3) is 5.91 Å². The highest BCUT2D eigenvalue weighted by atomic mass is 32.1. The summed E-state index contributed by atoms with van der Waals surface area (Å²) in [7, 11) is 1.73. The summed E-state index contributed by atoms with van der Waals surface area (Å²) in [6.07, 6.45) is 1.49. The topological polar surface area (TPSA) is 53.5 Å². The fourth-order valence-electron chi connectivity index (χ4n) is 2.99. The maximum atomic E-state index is 12.7. The van der Waals surface area contributed by atoms with Crippen LogP contribution in [0.3, 0.4) is 0 Å². The van der Waals surface area contributed by atoms with Gasteiger partial charge >= 0.3 is 0 Å². The van der Waals surface area contributed by atoms with Crippen LogP contribution in [-0.4, -0.2) is 30.4 Å². The summed E-state index contributed by atoms with van der Waals surface area (Å²) in [5.41, 5.74) is 2.32. The Balaban J connectivity index is 1.56. The molecule has 2 heterocycles. The Bertz CT molecular complexity index is 916. The predicted octanol–water partition coefficient (Wildman–Crippen LogP) is 3.70. The third-order valence-electron chi connectivity index (χ3n) is 4.37. The Hall–Kier alpha value is -2.73. The fourth-order valence-corrected chi connectivity index (χ4v) is 3.91. The summed E-state index contributed by atoms with van der Waals surface area (Å²) in [5.74, 6) is 0.0315. The van der Waals surface area contributed by atoms with E-state index in [1.165, 1.54) is 11.3 Å². The number of nitrogens with zero attached hydrogens (tertiary/aromatic N) is 3. The normalized spacial score (nSPS) is 14.3. The summed E-state index contributed by atoms with van der Waals surface area (Å²) >= 11 is 1.49. The molecular weight excluding hydrogens is 334 g/mol. The molecule has 1 aromatic heterocycles. The maximum absolute atomic E-state index is 12.7. The second-order valence-electron chi connectivity index (χ2n) is 6.02. The van der Waals surface area contributed by atoms with Crippen molar-refractivity contribution in [2.75, 3.05) is 23.4 Å². The number of fused-ring (bicyclic) bond motifs is 1. The molecule has 1 aliphatic heterocycles. The number of thiazole rings is 1. The predicted molar refractivity (Wildman–Crippen MR) is 100 cm³/mol. The Morgan fingerprint density at radius 1 is 1.16 bits per heavy atom. The van der Waals surface area contributed by atoms with E-state index in [1.54, 1.807) is 29.0 Å². The number of amides is 2. The lowest BCUT2D eigenvalue weighted by atomic mass is 10.2. The van der Waals surface area contributed by atoms with E-state index in [4.69, 9.17) is 0 Å². The van der Waals surface area contributed by atoms with E-state index < -0.39 is 0 Å². The molecule has 6 heteroatoms. The maximum Gasteiger partial charge on any atom is 0.259 e. The number of rotatable bonds is 3. The van der Waals surface area contributed by atoms with Gasteiger partial charge in [0.1, 0.15) is 0 Å². The van der Waals surface area contributed by atoms with Crippen LogP contribution in [0.5, 0.6) is 0 Å². The van der Waals surface area contributed by atoms with Gasteiger partial charge in [-0.05, 0) is 42.8 Å². The van der Waals surface area contributed by atoms with Crippen LogP contribution >= 0.6 is 11.3 Å². The number of hydrogen-bond acceptors (Lipinski definition) is 4. The highest BCUT2D eigenvalue weighted by Crippen LogP contribution is 2.29. The average molecular weight is 351 g/mol. The van der Waals surface area contributed by atoms with E-state index in [9.17, 15) is 9.59 Å². The number of carbonyl (C=O) groups is 2. The molecule has 0 saturated carbocycles. The smallest absolute Gasteiger partial charge is 0.259 e. The number of carbonyl (C=O) groups excluding carboxylic acids is 2. The zero-order valence-electron chi connectivity index (χ0n) is 13.8. The molecule has 4 rings (SSSR count). The Kier molecular flexibility index (Phi) is 3.97. The molecule has 5 nitrogen and oxygen atoms in total. The first-order valence-electron chi connectivity index (χ1n) is 8.17. The van der Waals surface area contributed by atoms with Gasteiger partial charge in [-0.25, -0.2) is 4.98 Å². The van der Waals surface area contributed by atoms with Gasteiger partial charge in [0.15, 0.2) is 5.13 Å². The molecule has 126 valence electrons. The van der Waals surface area contributed by atoms with Crippen molar-refractivity contribution in [3.63, 3.8) is 0 Å². The summed E-state index contributed by atoms with van der Waals surface area (Å²) in [5, 5.41) is 0.671. The monoisotopic (exact) mass is 351 g/mol. The van der Waals surface area contributed by atoms with Gasteiger partial charge in [-0.2, -0.15) is 0 Å². The number of anilines is 2. The van der Waals surface area contributed by atoms with Crippen molar-refractivity contribution < 1.29 is 9.59 Å². The summed E-state index contributed by atoms with van der Waals surface area (Å²) in [4.78, 5) is 32.4. The zero-order valence-corrected chi connectivity index (χ0v) is 14.6. The first-order valence-corrected chi connectivity index (χ1v) is 8.99. The van der Waals surface area contributed by atoms with Crippen LogP contribution in [0.4, 0.5) is 10.8 Å². The molecule has 2 aromatic carbocycles. The largest absolute Gasteiger partial charge is 0.312 e. The molecule has 1 aliphatic rings. The van der Waals surface area contributed by atoms with Crippen molar-refractivity contribution in [1.82, 2.24) is 4.98 Å². The van der Waals surface area contributed by atoms with Crippen LogP contribution in [0.1, 0.15) is 23.2 Å². The van der Waals surface area contributed by atoms with Gasteiger partial charge in [0, 0.05) is 31.3 Å². The molecule has 0 radical (unpaired) electrons. The minimum atomic E-state index is -0.113. The molecule has 0 bridgehead atoms. The van der Waals surface area contributed by atoms with Crippen LogP contribution in [0, 0.1) is 0 Å². The lowest BCUT2D eigenvalue weighted by Crippen LogP contribution is -2.26. The third kappa shape index (κ3) is 2.89. The van der Waals surface area contributed by atoms with Gasteiger partial charge in [-0.3, -0.25) is 14.5 Å². The van der Waals surface area contributed by atoms with Crippen molar-refractivity contribution in [2.45, 2.75) is 12.8 Å². The van der Waals surface area contributed by atoms with E-state index in [2.05, 4.69) is 4.98 Å². The SMILES string of the molecule is CN(C(=O)c1ccc(N2CCCC2=O)cc1)c1nc2ccccc2s1.